The number of piperazine rings is 1. The Kier molecular flexibility index (Phi) is 9.07. The van der Waals surface area contributed by atoms with Crippen molar-refractivity contribution in [1.29, 1.82) is 0 Å². The highest BCUT2D eigenvalue weighted by Gasteiger charge is 2.41. The SMILES string of the molecule is [B]N1CCN(Cc2ccccc2)C(=O)[C@@H]1[C@@H](O)[C@H](Cc1cc(F)cc(OCCC)c1)NC(C)=O. The molecule has 2 aromatic rings. The van der Waals surface area contributed by atoms with E-state index in [4.69, 9.17) is 12.7 Å². The smallest absolute Gasteiger partial charge is 0.241 e. The molecule has 3 rings (SSSR count). The van der Waals surface area contributed by atoms with E-state index in [1.165, 1.54) is 23.9 Å². The quantitative estimate of drug-likeness (QED) is 0.521. The molecule has 2 radical (unpaired) electrons. The minimum atomic E-state index is -1.32. The average molecular weight is 467 g/mol. The highest BCUT2D eigenvalue weighted by molar-refractivity contribution is 6.07. The first-order chi connectivity index (χ1) is 16.3. The van der Waals surface area contributed by atoms with E-state index in [-0.39, 0.29) is 18.2 Å². The van der Waals surface area contributed by atoms with Crippen molar-refractivity contribution in [1.82, 2.24) is 15.0 Å². The van der Waals surface area contributed by atoms with Gasteiger partial charge in [0.2, 0.25) is 11.8 Å². The molecule has 2 amide bonds. The molecule has 0 saturated carbocycles. The molecule has 7 nitrogen and oxygen atoms in total. The highest BCUT2D eigenvalue weighted by Crippen LogP contribution is 2.22. The Morgan fingerprint density at radius 2 is 1.97 bits per heavy atom. The molecule has 180 valence electrons. The van der Waals surface area contributed by atoms with E-state index < -0.39 is 24.0 Å². The molecule has 2 N–H and O–H groups in total. The number of amides is 2. The van der Waals surface area contributed by atoms with Crippen LogP contribution in [0.3, 0.4) is 0 Å². The lowest BCUT2D eigenvalue weighted by Crippen LogP contribution is -2.64. The van der Waals surface area contributed by atoms with Crippen molar-refractivity contribution in [3.05, 3.63) is 65.5 Å². The third-order valence-corrected chi connectivity index (χ3v) is 5.75. The number of carbonyl (C=O) groups is 2. The third kappa shape index (κ3) is 6.80. The lowest BCUT2D eigenvalue weighted by atomic mass is 9.91. The molecule has 1 aliphatic heterocycles. The largest absolute Gasteiger partial charge is 0.493 e. The molecular formula is C25H31BFN3O4. The molecule has 1 saturated heterocycles. The molecule has 1 heterocycles. The number of carbonyl (C=O) groups excluding carboxylic acids is 2. The van der Waals surface area contributed by atoms with Crippen LogP contribution in [0.5, 0.6) is 5.75 Å². The van der Waals surface area contributed by atoms with Crippen LogP contribution in [0.4, 0.5) is 4.39 Å². The fourth-order valence-electron chi connectivity index (χ4n) is 4.15. The molecule has 0 spiro atoms. The molecule has 0 aromatic heterocycles. The molecule has 0 aliphatic carbocycles. The Balaban J connectivity index is 1.80. The third-order valence-electron chi connectivity index (χ3n) is 5.75. The first kappa shape index (κ1) is 25.7. The van der Waals surface area contributed by atoms with Crippen LogP contribution in [-0.4, -0.2) is 72.5 Å². The number of aliphatic hydroxyl groups excluding tert-OH is 1. The second kappa shape index (κ2) is 12.0. The van der Waals surface area contributed by atoms with Crippen LogP contribution in [0.25, 0.3) is 0 Å². The number of nitrogens with one attached hydrogen (secondary N) is 1. The average Bonchev–Trinajstić information content (AvgIpc) is 2.79. The van der Waals surface area contributed by atoms with E-state index in [0.29, 0.717) is 37.6 Å². The number of hydrogen-bond donors (Lipinski definition) is 2. The van der Waals surface area contributed by atoms with Gasteiger partial charge in [0.05, 0.1) is 18.8 Å². The van der Waals surface area contributed by atoms with E-state index in [2.05, 4.69) is 5.32 Å². The van der Waals surface area contributed by atoms with Crippen molar-refractivity contribution < 1.29 is 23.8 Å². The van der Waals surface area contributed by atoms with Crippen molar-refractivity contribution >= 4 is 19.8 Å². The molecule has 3 atom stereocenters. The summed E-state index contributed by atoms with van der Waals surface area (Å²) in [6, 6.07) is 11.9. The fourth-order valence-corrected chi connectivity index (χ4v) is 4.15. The van der Waals surface area contributed by atoms with Gasteiger partial charge in [-0.25, -0.2) is 4.39 Å². The summed E-state index contributed by atoms with van der Waals surface area (Å²) in [5.74, 6) is -0.818. The Bertz CT molecular complexity index is 978. The van der Waals surface area contributed by atoms with E-state index in [1.807, 2.05) is 37.3 Å². The lowest BCUT2D eigenvalue weighted by molar-refractivity contribution is -0.145. The molecule has 2 aromatic carbocycles. The Morgan fingerprint density at radius 3 is 2.65 bits per heavy atom. The van der Waals surface area contributed by atoms with Crippen molar-refractivity contribution in [2.45, 2.75) is 51.4 Å². The van der Waals surface area contributed by atoms with Gasteiger partial charge in [-0.15, -0.1) is 0 Å². The number of rotatable bonds is 10. The van der Waals surface area contributed by atoms with Gasteiger partial charge in [0, 0.05) is 32.6 Å². The summed E-state index contributed by atoms with van der Waals surface area (Å²) in [7, 11) is 6.12. The minimum absolute atomic E-state index is 0.0945. The molecular weight excluding hydrogens is 436 g/mol. The summed E-state index contributed by atoms with van der Waals surface area (Å²) in [5.41, 5.74) is 1.49. The predicted molar refractivity (Wildman–Crippen MR) is 128 cm³/mol. The van der Waals surface area contributed by atoms with Gasteiger partial charge in [0.1, 0.15) is 17.6 Å². The number of benzene rings is 2. The first-order valence-corrected chi connectivity index (χ1v) is 11.5. The van der Waals surface area contributed by atoms with Crippen molar-refractivity contribution in [3.8, 4) is 5.75 Å². The van der Waals surface area contributed by atoms with Crippen LogP contribution in [0.1, 0.15) is 31.4 Å². The number of halogens is 1. The van der Waals surface area contributed by atoms with Crippen LogP contribution in [0, 0.1) is 5.82 Å². The van der Waals surface area contributed by atoms with E-state index in [1.54, 1.807) is 11.0 Å². The molecule has 1 aliphatic rings. The number of ether oxygens (including phenoxy) is 1. The van der Waals surface area contributed by atoms with Gasteiger partial charge in [0.15, 0.2) is 7.98 Å². The van der Waals surface area contributed by atoms with E-state index in [9.17, 15) is 19.1 Å². The fraction of sp³-hybridized carbons (Fsp3) is 0.440. The topological polar surface area (TPSA) is 82.1 Å². The maximum Gasteiger partial charge on any atom is 0.241 e. The monoisotopic (exact) mass is 467 g/mol. The lowest BCUT2D eigenvalue weighted by Gasteiger charge is -2.43. The van der Waals surface area contributed by atoms with Crippen LogP contribution in [-0.2, 0) is 22.6 Å². The standard InChI is InChI=1S/C25H31BFN3O4/c1-3-11-34-21-13-19(12-20(27)15-21)14-22(28-17(2)31)24(32)23-25(33)29(9-10-30(23)26)16-18-7-5-4-6-8-18/h4-8,12-13,15,22-24,32H,3,9-11,14,16H2,1-2H3,(H,28,31)/t22-,23-,24-/m0/s1. The summed E-state index contributed by atoms with van der Waals surface area (Å²) >= 11 is 0. The first-order valence-electron chi connectivity index (χ1n) is 11.5. The highest BCUT2D eigenvalue weighted by atomic mass is 19.1. The van der Waals surface area contributed by atoms with Crippen LogP contribution in [0.2, 0.25) is 0 Å². The van der Waals surface area contributed by atoms with E-state index in [0.717, 1.165) is 12.0 Å². The zero-order chi connectivity index (χ0) is 24.7. The van der Waals surface area contributed by atoms with Crippen LogP contribution < -0.4 is 10.1 Å². The molecule has 34 heavy (non-hydrogen) atoms. The number of aliphatic hydroxyl groups is 1. The minimum Gasteiger partial charge on any atom is -0.493 e. The second-order valence-corrected chi connectivity index (χ2v) is 8.57. The molecule has 1 fully saturated rings. The van der Waals surface area contributed by atoms with Gasteiger partial charge in [-0.1, -0.05) is 37.3 Å². The van der Waals surface area contributed by atoms with Gasteiger partial charge in [-0.05, 0) is 36.1 Å². The maximum absolute atomic E-state index is 14.2. The molecule has 9 heteroatoms. The zero-order valence-electron chi connectivity index (χ0n) is 19.6. The Hall–Kier alpha value is -2.91. The van der Waals surface area contributed by atoms with Gasteiger partial charge in [0.25, 0.3) is 0 Å². The predicted octanol–water partition coefficient (Wildman–Crippen LogP) is 1.82. The number of hydrogen-bond acceptors (Lipinski definition) is 5. The summed E-state index contributed by atoms with van der Waals surface area (Å²) in [5, 5.41) is 13.9. The number of nitrogens with zero attached hydrogens (tertiary/aromatic N) is 2. The summed E-state index contributed by atoms with van der Waals surface area (Å²) in [6.45, 7) is 4.89. The van der Waals surface area contributed by atoms with Gasteiger partial charge in [-0.3, -0.25) is 9.59 Å². The summed E-state index contributed by atoms with van der Waals surface area (Å²) in [4.78, 5) is 28.2. The van der Waals surface area contributed by atoms with Gasteiger partial charge in [-0.2, -0.15) is 0 Å². The van der Waals surface area contributed by atoms with Crippen LogP contribution >= 0.6 is 0 Å². The molecule has 0 unspecified atom stereocenters. The normalized spacial score (nSPS) is 18.4. The second-order valence-electron chi connectivity index (χ2n) is 8.57. The van der Waals surface area contributed by atoms with E-state index >= 15 is 0 Å². The zero-order valence-corrected chi connectivity index (χ0v) is 19.6. The molecule has 0 bridgehead atoms. The summed E-state index contributed by atoms with van der Waals surface area (Å²) < 4.78 is 19.7. The summed E-state index contributed by atoms with van der Waals surface area (Å²) in [6.07, 6.45) is -0.449. The Labute approximate surface area is 201 Å². The Morgan fingerprint density at radius 1 is 1.24 bits per heavy atom. The van der Waals surface area contributed by atoms with Gasteiger partial charge < -0.3 is 24.9 Å². The van der Waals surface area contributed by atoms with Crippen molar-refractivity contribution in [2.24, 2.45) is 0 Å². The van der Waals surface area contributed by atoms with Crippen LogP contribution in [0.15, 0.2) is 48.5 Å². The van der Waals surface area contributed by atoms with Gasteiger partial charge >= 0.3 is 0 Å². The van der Waals surface area contributed by atoms with Crippen molar-refractivity contribution in [2.75, 3.05) is 19.7 Å². The van der Waals surface area contributed by atoms with Crippen molar-refractivity contribution in [3.63, 3.8) is 0 Å². The maximum atomic E-state index is 14.2.